The van der Waals surface area contributed by atoms with Gasteiger partial charge in [0, 0.05) is 18.2 Å². The van der Waals surface area contributed by atoms with E-state index in [4.69, 9.17) is 9.26 Å². The Bertz CT molecular complexity index is 787. The molecule has 0 aliphatic carbocycles. The smallest absolute Gasteiger partial charge is 0.330 e. The summed E-state index contributed by atoms with van der Waals surface area (Å²) < 4.78 is 9.96. The van der Waals surface area contributed by atoms with E-state index in [1.165, 1.54) is 12.0 Å². The molecule has 2 amide bonds. The summed E-state index contributed by atoms with van der Waals surface area (Å²) in [6.45, 7) is -0.159. The number of hydrogen-bond donors (Lipinski definition) is 1. The molecular formula is C17H17N3O5. The summed E-state index contributed by atoms with van der Waals surface area (Å²) in [7, 11) is 1.24. The zero-order valence-corrected chi connectivity index (χ0v) is 13.6. The summed E-state index contributed by atoms with van der Waals surface area (Å²) in [5.74, 6) is -0.737. The van der Waals surface area contributed by atoms with Gasteiger partial charge in [0.05, 0.1) is 19.2 Å². The zero-order valence-electron chi connectivity index (χ0n) is 13.6. The van der Waals surface area contributed by atoms with Crippen molar-refractivity contribution in [2.75, 3.05) is 20.2 Å². The van der Waals surface area contributed by atoms with Gasteiger partial charge in [-0.15, -0.1) is 0 Å². The Balaban J connectivity index is 1.73. The topological polar surface area (TPSA) is 102 Å². The van der Waals surface area contributed by atoms with Gasteiger partial charge in [-0.05, 0) is 0 Å². The lowest BCUT2D eigenvalue weighted by atomic mass is 10.1. The molecule has 25 heavy (non-hydrogen) atoms. The largest absolute Gasteiger partial charge is 0.467 e. The van der Waals surface area contributed by atoms with Crippen LogP contribution in [0.2, 0.25) is 0 Å². The van der Waals surface area contributed by atoms with Gasteiger partial charge >= 0.3 is 5.97 Å². The third-order valence-corrected chi connectivity index (χ3v) is 3.93. The van der Waals surface area contributed by atoms with Crippen molar-refractivity contribution >= 4 is 17.8 Å². The van der Waals surface area contributed by atoms with Crippen molar-refractivity contribution in [2.24, 2.45) is 0 Å². The Labute approximate surface area is 143 Å². The van der Waals surface area contributed by atoms with Crippen LogP contribution in [-0.4, -0.2) is 54.1 Å². The van der Waals surface area contributed by atoms with Crippen molar-refractivity contribution < 1.29 is 23.6 Å². The van der Waals surface area contributed by atoms with E-state index in [-0.39, 0.29) is 25.4 Å². The summed E-state index contributed by atoms with van der Waals surface area (Å²) in [6, 6.07) is 10.2. The molecule has 1 aliphatic heterocycles. The fourth-order valence-electron chi connectivity index (χ4n) is 2.64. The second kappa shape index (κ2) is 7.16. The monoisotopic (exact) mass is 343 g/mol. The quantitative estimate of drug-likeness (QED) is 0.806. The first-order valence-electron chi connectivity index (χ1n) is 7.73. The minimum Gasteiger partial charge on any atom is -0.467 e. The summed E-state index contributed by atoms with van der Waals surface area (Å²) >= 11 is 0. The van der Waals surface area contributed by atoms with E-state index < -0.39 is 17.9 Å². The molecule has 8 heteroatoms. The molecule has 1 atom stereocenters. The van der Waals surface area contributed by atoms with Gasteiger partial charge in [-0.1, -0.05) is 35.5 Å². The Morgan fingerprint density at radius 1 is 1.36 bits per heavy atom. The molecule has 3 rings (SSSR count). The number of hydrogen-bond acceptors (Lipinski definition) is 6. The number of carbonyl (C=O) groups excluding carboxylic acids is 3. The molecular weight excluding hydrogens is 326 g/mol. The van der Waals surface area contributed by atoms with E-state index in [0.717, 1.165) is 5.56 Å². The number of nitrogens with one attached hydrogen (secondary N) is 1. The number of methoxy groups -OCH3 is 1. The Hall–Kier alpha value is -3.16. The van der Waals surface area contributed by atoms with Gasteiger partial charge in [0.1, 0.15) is 12.6 Å². The summed E-state index contributed by atoms with van der Waals surface area (Å²) in [5.41, 5.74) is 1.27. The van der Waals surface area contributed by atoms with Crippen LogP contribution in [0.5, 0.6) is 0 Å². The zero-order chi connectivity index (χ0) is 17.8. The van der Waals surface area contributed by atoms with Gasteiger partial charge in [-0.3, -0.25) is 9.59 Å². The maximum Gasteiger partial charge on any atom is 0.330 e. The van der Waals surface area contributed by atoms with Crippen molar-refractivity contribution in [3.05, 3.63) is 42.1 Å². The van der Waals surface area contributed by atoms with Gasteiger partial charge in [0.15, 0.2) is 5.76 Å². The molecule has 130 valence electrons. The van der Waals surface area contributed by atoms with E-state index in [9.17, 15) is 14.4 Å². The van der Waals surface area contributed by atoms with Crippen molar-refractivity contribution in [1.82, 2.24) is 15.4 Å². The van der Waals surface area contributed by atoms with Crippen LogP contribution in [0.25, 0.3) is 11.3 Å². The van der Waals surface area contributed by atoms with Gasteiger partial charge in [-0.2, -0.15) is 0 Å². The minimum atomic E-state index is -0.837. The van der Waals surface area contributed by atoms with Crippen molar-refractivity contribution in [1.29, 1.82) is 0 Å². The molecule has 1 aromatic heterocycles. The van der Waals surface area contributed by atoms with Gasteiger partial charge in [0.2, 0.25) is 11.8 Å². The molecule has 2 aromatic rings. The molecule has 0 saturated carbocycles. The maximum atomic E-state index is 12.5. The second-order valence-electron chi connectivity index (χ2n) is 5.59. The van der Waals surface area contributed by atoms with Crippen LogP contribution in [0.3, 0.4) is 0 Å². The average Bonchev–Trinajstić information content (AvgIpc) is 3.10. The molecule has 0 radical (unpaired) electrons. The molecule has 1 unspecified atom stereocenters. The summed E-state index contributed by atoms with van der Waals surface area (Å²) in [6.07, 6.45) is -0.0723. The highest BCUT2D eigenvalue weighted by atomic mass is 16.5. The average molecular weight is 343 g/mol. The van der Waals surface area contributed by atoms with Gasteiger partial charge in [0.25, 0.3) is 0 Å². The fourth-order valence-corrected chi connectivity index (χ4v) is 2.64. The van der Waals surface area contributed by atoms with Gasteiger partial charge < -0.3 is 19.5 Å². The Kier molecular flexibility index (Phi) is 4.78. The first-order valence-corrected chi connectivity index (χ1v) is 7.73. The van der Waals surface area contributed by atoms with Crippen LogP contribution in [0.15, 0.2) is 40.9 Å². The minimum absolute atomic E-state index is 0.0331. The second-order valence-corrected chi connectivity index (χ2v) is 5.59. The molecule has 1 aromatic carbocycles. The van der Waals surface area contributed by atoms with Crippen LogP contribution in [0, 0.1) is 0 Å². The van der Waals surface area contributed by atoms with Crippen LogP contribution in [0.1, 0.15) is 5.69 Å². The first kappa shape index (κ1) is 16.7. The summed E-state index contributed by atoms with van der Waals surface area (Å²) in [4.78, 5) is 37.2. The fraction of sp³-hybridized carbons (Fsp3) is 0.294. The van der Waals surface area contributed by atoms with E-state index in [1.807, 2.05) is 30.3 Å². The van der Waals surface area contributed by atoms with E-state index in [0.29, 0.717) is 11.5 Å². The standard InChI is InChI=1S/C17H17N3O5/c1-24-17(23)13-9-18-15(21)10-20(13)16(22)8-12-7-14(25-19-12)11-5-3-2-4-6-11/h2-7,13H,8-10H2,1H3,(H,18,21). The molecule has 2 heterocycles. The highest BCUT2D eigenvalue weighted by Gasteiger charge is 2.36. The number of aromatic nitrogens is 1. The first-order chi connectivity index (χ1) is 12.1. The molecule has 0 spiro atoms. The van der Waals surface area contributed by atoms with Crippen LogP contribution in [0.4, 0.5) is 0 Å². The highest BCUT2D eigenvalue weighted by Crippen LogP contribution is 2.20. The third-order valence-electron chi connectivity index (χ3n) is 3.93. The van der Waals surface area contributed by atoms with E-state index >= 15 is 0 Å². The molecule has 1 saturated heterocycles. The number of benzene rings is 1. The third kappa shape index (κ3) is 3.68. The molecule has 1 N–H and O–H groups in total. The predicted molar refractivity (Wildman–Crippen MR) is 86.2 cm³/mol. The van der Waals surface area contributed by atoms with Crippen LogP contribution >= 0.6 is 0 Å². The van der Waals surface area contributed by atoms with Crippen LogP contribution < -0.4 is 5.32 Å². The lowest BCUT2D eigenvalue weighted by Gasteiger charge is -2.33. The number of ether oxygens (including phenoxy) is 1. The number of carbonyl (C=O) groups is 3. The van der Waals surface area contributed by atoms with Crippen LogP contribution in [-0.2, 0) is 25.5 Å². The van der Waals surface area contributed by atoms with Crippen molar-refractivity contribution in [3.63, 3.8) is 0 Å². The highest BCUT2D eigenvalue weighted by molar-refractivity contribution is 5.92. The normalized spacial score (nSPS) is 17.1. The lowest BCUT2D eigenvalue weighted by molar-refractivity contribution is -0.156. The lowest BCUT2D eigenvalue weighted by Crippen LogP contribution is -2.59. The van der Waals surface area contributed by atoms with Gasteiger partial charge in [-0.25, -0.2) is 4.79 Å². The SMILES string of the molecule is COC(=O)C1CNC(=O)CN1C(=O)Cc1cc(-c2ccccc2)on1. The molecule has 0 bridgehead atoms. The van der Waals surface area contributed by atoms with Crippen molar-refractivity contribution in [3.8, 4) is 11.3 Å². The van der Waals surface area contributed by atoms with E-state index in [1.54, 1.807) is 6.07 Å². The Morgan fingerprint density at radius 3 is 2.84 bits per heavy atom. The number of esters is 1. The summed E-state index contributed by atoms with van der Waals surface area (Å²) in [5, 5.41) is 6.45. The molecule has 1 aliphatic rings. The molecule has 8 nitrogen and oxygen atoms in total. The van der Waals surface area contributed by atoms with E-state index in [2.05, 4.69) is 10.5 Å². The maximum absolute atomic E-state index is 12.5. The van der Waals surface area contributed by atoms with Crippen molar-refractivity contribution in [2.45, 2.75) is 12.5 Å². The number of nitrogens with zero attached hydrogens (tertiary/aromatic N) is 2. The predicted octanol–water partition coefficient (Wildman–Crippen LogP) is 0.384. The number of piperazine rings is 1. The number of amides is 2. The Morgan fingerprint density at radius 2 is 2.12 bits per heavy atom. The number of rotatable bonds is 4. The molecule has 1 fully saturated rings.